The zero-order chi connectivity index (χ0) is 13.4. The molecule has 0 amide bonds. The van der Waals surface area contributed by atoms with Crippen molar-refractivity contribution in [1.82, 2.24) is 10.3 Å². The number of pyridine rings is 1. The van der Waals surface area contributed by atoms with Crippen LogP contribution in [-0.2, 0) is 6.54 Å². The van der Waals surface area contributed by atoms with Crippen molar-refractivity contribution in [2.45, 2.75) is 19.4 Å². The lowest BCUT2D eigenvalue weighted by Crippen LogP contribution is -2.29. The van der Waals surface area contributed by atoms with Crippen molar-refractivity contribution in [2.24, 2.45) is 0 Å². The van der Waals surface area contributed by atoms with Gasteiger partial charge in [-0.15, -0.1) is 0 Å². The molecule has 0 radical (unpaired) electrons. The molecular formula is C15H16N2O2. The molecule has 3 rings (SSSR count). The Kier molecular flexibility index (Phi) is 2.87. The lowest BCUT2D eigenvalue weighted by atomic mass is 9.87. The molecule has 0 aliphatic carbocycles. The molecule has 1 atom stereocenters. The molecule has 1 aliphatic rings. The van der Waals surface area contributed by atoms with Gasteiger partial charge in [0, 0.05) is 25.2 Å². The number of aryl methyl sites for hydroxylation is 1. The first-order valence-electron chi connectivity index (χ1n) is 6.33. The van der Waals surface area contributed by atoms with Crippen LogP contribution < -0.4 is 5.32 Å². The Balaban J connectivity index is 2.07. The number of hydrogen-bond donors (Lipinski definition) is 3. The maximum atomic E-state index is 9.65. The molecule has 0 bridgehead atoms. The molecule has 98 valence electrons. The summed E-state index contributed by atoms with van der Waals surface area (Å²) in [4.78, 5) is 4.46. The van der Waals surface area contributed by atoms with Gasteiger partial charge in [-0.3, -0.25) is 4.98 Å². The lowest BCUT2D eigenvalue weighted by Gasteiger charge is -2.26. The van der Waals surface area contributed by atoms with Crippen molar-refractivity contribution < 1.29 is 10.2 Å². The predicted octanol–water partition coefficient (Wildman–Crippen LogP) is 2.04. The monoisotopic (exact) mass is 256 g/mol. The van der Waals surface area contributed by atoms with E-state index in [0.29, 0.717) is 0 Å². The van der Waals surface area contributed by atoms with Gasteiger partial charge in [-0.1, -0.05) is 12.1 Å². The first-order chi connectivity index (χ1) is 9.15. The summed E-state index contributed by atoms with van der Waals surface area (Å²) >= 11 is 0. The average Bonchev–Trinajstić information content (AvgIpc) is 2.41. The van der Waals surface area contributed by atoms with E-state index < -0.39 is 0 Å². The minimum absolute atomic E-state index is 0.0785. The number of phenolic OH excluding ortho intramolecular Hbond substituents is 2. The van der Waals surface area contributed by atoms with Crippen molar-refractivity contribution >= 4 is 0 Å². The molecule has 3 N–H and O–H groups in total. The minimum Gasteiger partial charge on any atom is -0.504 e. The van der Waals surface area contributed by atoms with Gasteiger partial charge < -0.3 is 15.5 Å². The van der Waals surface area contributed by atoms with E-state index in [-0.39, 0.29) is 17.4 Å². The minimum atomic E-state index is -0.0879. The second-order valence-electron chi connectivity index (χ2n) is 4.98. The quantitative estimate of drug-likeness (QED) is 0.683. The van der Waals surface area contributed by atoms with E-state index in [2.05, 4.69) is 16.4 Å². The Labute approximate surface area is 111 Å². The third kappa shape index (κ3) is 2.15. The van der Waals surface area contributed by atoms with Gasteiger partial charge in [0.1, 0.15) is 0 Å². The molecule has 1 aromatic heterocycles. The van der Waals surface area contributed by atoms with Crippen molar-refractivity contribution in [3.8, 4) is 11.5 Å². The van der Waals surface area contributed by atoms with Crippen LogP contribution in [-0.4, -0.2) is 21.7 Å². The van der Waals surface area contributed by atoms with Crippen molar-refractivity contribution in [1.29, 1.82) is 0 Å². The standard InChI is InChI=1S/C15H16N2O2/c1-9-4-11-12(7-16-8-13(11)17-6-9)10-2-3-14(18)15(19)5-10/h2-6,12,16,18-19H,7-8H2,1H3. The highest BCUT2D eigenvalue weighted by molar-refractivity contribution is 5.46. The van der Waals surface area contributed by atoms with Crippen LogP contribution in [0.25, 0.3) is 0 Å². The van der Waals surface area contributed by atoms with Crippen LogP contribution in [0.1, 0.15) is 28.3 Å². The van der Waals surface area contributed by atoms with Gasteiger partial charge in [-0.05, 0) is 35.7 Å². The number of phenols is 2. The largest absolute Gasteiger partial charge is 0.504 e. The zero-order valence-corrected chi connectivity index (χ0v) is 10.7. The summed E-state index contributed by atoms with van der Waals surface area (Å²) in [5, 5.41) is 22.4. The number of hydrogen-bond acceptors (Lipinski definition) is 4. The summed E-state index contributed by atoms with van der Waals surface area (Å²) in [7, 11) is 0. The fourth-order valence-electron chi connectivity index (χ4n) is 2.57. The Hall–Kier alpha value is -2.07. The van der Waals surface area contributed by atoms with E-state index in [1.54, 1.807) is 6.07 Å². The zero-order valence-electron chi connectivity index (χ0n) is 10.7. The number of aromatic nitrogens is 1. The summed E-state index contributed by atoms with van der Waals surface area (Å²) in [5.74, 6) is -0.0111. The molecule has 19 heavy (non-hydrogen) atoms. The second kappa shape index (κ2) is 4.55. The van der Waals surface area contributed by atoms with Crippen LogP contribution in [0.15, 0.2) is 30.5 Å². The van der Waals surface area contributed by atoms with Crippen molar-refractivity contribution in [3.63, 3.8) is 0 Å². The fraction of sp³-hybridized carbons (Fsp3) is 0.267. The molecular weight excluding hydrogens is 240 g/mol. The van der Waals surface area contributed by atoms with Gasteiger partial charge in [-0.2, -0.15) is 0 Å². The van der Waals surface area contributed by atoms with E-state index in [9.17, 15) is 10.2 Å². The topological polar surface area (TPSA) is 65.4 Å². The fourth-order valence-corrected chi connectivity index (χ4v) is 2.57. The molecule has 0 spiro atoms. The first kappa shape index (κ1) is 12.0. The van der Waals surface area contributed by atoms with Gasteiger partial charge in [0.25, 0.3) is 0 Å². The van der Waals surface area contributed by atoms with Crippen LogP contribution in [0.4, 0.5) is 0 Å². The van der Waals surface area contributed by atoms with Crippen LogP contribution in [0.2, 0.25) is 0 Å². The predicted molar refractivity (Wildman–Crippen MR) is 72.3 cm³/mol. The van der Waals surface area contributed by atoms with Gasteiger partial charge in [-0.25, -0.2) is 0 Å². The van der Waals surface area contributed by atoms with Gasteiger partial charge in [0.2, 0.25) is 0 Å². The van der Waals surface area contributed by atoms with Crippen molar-refractivity contribution in [3.05, 3.63) is 52.8 Å². The Morgan fingerprint density at radius 3 is 2.84 bits per heavy atom. The summed E-state index contributed by atoms with van der Waals surface area (Å²) in [5.41, 5.74) is 4.36. The molecule has 0 saturated carbocycles. The summed E-state index contributed by atoms with van der Waals surface area (Å²) in [6.45, 7) is 3.61. The molecule has 2 aromatic rings. The van der Waals surface area contributed by atoms with E-state index in [4.69, 9.17) is 0 Å². The molecule has 1 unspecified atom stereocenters. The summed E-state index contributed by atoms with van der Waals surface area (Å²) in [6.07, 6.45) is 1.87. The maximum Gasteiger partial charge on any atom is 0.157 e. The van der Waals surface area contributed by atoms with Gasteiger partial charge >= 0.3 is 0 Å². The number of nitrogens with zero attached hydrogens (tertiary/aromatic N) is 1. The molecule has 1 aliphatic heterocycles. The highest BCUT2D eigenvalue weighted by Crippen LogP contribution is 2.34. The van der Waals surface area contributed by atoms with E-state index in [1.807, 2.05) is 19.2 Å². The van der Waals surface area contributed by atoms with E-state index in [1.165, 1.54) is 11.6 Å². The van der Waals surface area contributed by atoms with Crippen LogP contribution >= 0.6 is 0 Å². The van der Waals surface area contributed by atoms with E-state index in [0.717, 1.165) is 29.9 Å². The summed E-state index contributed by atoms with van der Waals surface area (Å²) in [6, 6.07) is 7.15. The third-order valence-electron chi connectivity index (χ3n) is 3.56. The number of nitrogens with one attached hydrogen (secondary N) is 1. The smallest absolute Gasteiger partial charge is 0.157 e. The Morgan fingerprint density at radius 1 is 1.21 bits per heavy atom. The molecule has 4 nitrogen and oxygen atoms in total. The van der Waals surface area contributed by atoms with E-state index >= 15 is 0 Å². The molecule has 0 fully saturated rings. The second-order valence-corrected chi connectivity index (χ2v) is 4.98. The molecule has 2 heterocycles. The highest BCUT2D eigenvalue weighted by Gasteiger charge is 2.23. The number of benzene rings is 1. The number of aromatic hydroxyl groups is 2. The summed E-state index contributed by atoms with van der Waals surface area (Å²) < 4.78 is 0. The first-order valence-corrected chi connectivity index (χ1v) is 6.33. The third-order valence-corrected chi connectivity index (χ3v) is 3.56. The number of rotatable bonds is 1. The Morgan fingerprint density at radius 2 is 2.05 bits per heavy atom. The average molecular weight is 256 g/mol. The van der Waals surface area contributed by atoms with Crippen LogP contribution in [0, 0.1) is 6.92 Å². The molecule has 1 aromatic carbocycles. The maximum absolute atomic E-state index is 9.65. The SMILES string of the molecule is Cc1cnc2c(c1)C(c1ccc(O)c(O)c1)CNC2. The molecule has 0 saturated heterocycles. The van der Waals surface area contributed by atoms with Crippen molar-refractivity contribution in [2.75, 3.05) is 6.54 Å². The highest BCUT2D eigenvalue weighted by atomic mass is 16.3. The van der Waals surface area contributed by atoms with Crippen LogP contribution in [0.3, 0.4) is 0 Å². The number of fused-ring (bicyclic) bond motifs is 1. The normalized spacial score (nSPS) is 18.1. The van der Waals surface area contributed by atoms with Gasteiger partial charge in [0.05, 0.1) is 5.69 Å². The lowest BCUT2D eigenvalue weighted by molar-refractivity contribution is 0.402. The Bertz CT molecular complexity index is 626. The molecule has 4 heteroatoms. The van der Waals surface area contributed by atoms with Crippen LogP contribution in [0.5, 0.6) is 11.5 Å². The van der Waals surface area contributed by atoms with Gasteiger partial charge in [0.15, 0.2) is 11.5 Å².